The van der Waals surface area contributed by atoms with Crippen LogP contribution in [0.25, 0.3) is 0 Å². The van der Waals surface area contributed by atoms with Crippen LogP contribution in [0, 0.1) is 4.91 Å². The van der Waals surface area contributed by atoms with E-state index in [2.05, 4.69) is 5.29 Å². The van der Waals surface area contributed by atoms with Crippen LogP contribution in [-0.4, -0.2) is 53.7 Å². The van der Waals surface area contributed by atoms with Crippen molar-refractivity contribution in [3.63, 3.8) is 0 Å². The molecule has 1 aliphatic rings. The topological polar surface area (TPSA) is 62.2 Å². The summed E-state index contributed by atoms with van der Waals surface area (Å²) in [6.45, 7) is 4.84. The lowest BCUT2D eigenvalue weighted by Crippen LogP contribution is -2.51. The van der Waals surface area contributed by atoms with Crippen LogP contribution in [0.2, 0.25) is 0 Å². The summed E-state index contributed by atoms with van der Waals surface area (Å²) in [6, 6.07) is -0.405. The molecule has 6 nitrogen and oxygen atoms in total. The molecule has 92 valence electrons. The van der Waals surface area contributed by atoms with E-state index in [4.69, 9.17) is 16.3 Å². The maximum absolute atomic E-state index is 11.9. The van der Waals surface area contributed by atoms with Crippen molar-refractivity contribution in [2.24, 2.45) is 5.29 Å². The predicted molar refractivity (Wildman–Crippen MR) is 60.2 cm³/mol. The van der Waals surface area contributed by atoms with Crippen LogP contribution >= 0.6 is 11.6 Å². The first-order chi connectivity index (χ1) is 7.58. The van der Waals surface area contributed by atoms with Crippen LogP contribution in [0.4, 0.5) is 4.79 Å². The highest BCUT2D eigenvalue weighted by atomic mass is 35.5. The van der Waals surface area contributed by atoms with E-state index >= 15 is 0 Å². The molecule has 0 aromatic heterocycles. The number of nitroso groups, excluding NO2 is 1. The average Bonchev–Trinajstić information content (AvgIpc) is 2.23. The summed E-state index contributed by atoms with van der Waals surface area (Å²) in [7, 11) is 0. The molecule has 1 heterocycles. The molecule has 16 heavy (non-hydrogen) atoms. The van der Waals surface area contributed by atoms with Crippen LogP contribution in [0.15, 0.2) is 5.29 Å². The standard InChI is InChI=1S/C9H16ClN3O3/c1-7-5-12(6-8(2)16-7)9(14)13(11-15)4-3-10/h7-8H,3-6H2,1-2H3. The Morgan fingerprint density at radius 1 is 1.50 bits per heavy atom. The highest BCUT2D eigenvalue weighted by molar-refractivity contribution is 6.18. The molecule has 0 saturated carbocycles. The smallest absolute Gasteiger partial charge is 0.343 e. The van der Waals surface area contributed by atoms with E-state index in [1.807, 2.05) is 13.8 Å². The fourth-order valence-corrected chi connectivity index (χ4v) is 1.91. The first-order valence-corrected chi connectivity index (χ1v) is 5.73. The molecule has 0 N–H and O–H groups in total. The minimum Gasteiger partial charge on any atom is -0.372 e. The van der Waals surface area contributed by atoms with Crippen LogP contribution < -0.4 is 0 Å². The van der Waals surface area contributed by atoms with Crippen LogP contribution in [0.1, 0.15) is 13.8 Å². The molecule has 0 aromatic carbocycles. The van der Waals surface area contributed by atoms with Crippen molar-refractivity contribution in [2.75, 3.05) is 25.5 Å². The Labute approximate surface area is 99.4 Å². The highest BCUT2D eigenvalue weighted by Crippen LogP contribution is 2.13. The van der Waals surface area contributed by atoms with Crippen molar-refractivity contribution < 1.29 is 9.53 Å². The number of amides is 2. The Balaban J connectivity index is 2.60. The summed E-state index contributed by atoms with van der Waals surface area (Å²) < 4.78 is 5.49. The number of hydrogen-bond donors (Lipinski definition) is 0. The number of alkyl halides is 1. The van der Waals surface area contributed by atoms with Crippen LogP contribution in [-0.2, 0) is 4.74 Å². The predicted octanol–water partition coefficient (Wildman–Crippen LogP) is 1.44. The third-order valence-electron chi connectivity index (χ3n) is 2.31. The number of rotatable bonds is 3. The average molecular weight is 250 g/mol. The van der Waals surface area contributed by atoms with Crippen molar-refractivity contribution in [3.05, 3.63) is 4.91 Å². The van der Waals surface area contributed by atoms with E-state index in [0.29, 0.717) is 13.1 Å². The van der Waals surface area contributed by atoms with E-state index < -0.39 is 6.03 Å². The molecule has 0 spiro atoms. The summed E-state index contributed by atoms with van der Waals surface area (Å²) in [5.74, 6) is 0.187. The van der Waals surface area contributed by atoms with Crippen molar-refractivity contribution >= 4 is 17.6 Å². The Morgan fingerprint density at radius 3 is 2.50 bits per heavy atom. The number of carbonyl (C=O) groups excluding carboxylic acids is 1. The van der Waals surface area contributed by atoms with Gasteiger partial charge < -0.3 is 9.64 Å². The van der Waals surface area contributed by atoms with Crippen molar-refractivity contribution in [2.45, 2.75) is 26.1 Å². The molecular weight excluding hydrogens is 234 g/mol. The Morgan fingerprint density at radius 2 is 2.06 bits per heavy atom. The van der Waals surface area contributed by atoms with Crippen molar-refractivity contribution in [1.29, 1.82) is 0 Å². The van der Waals surface area contributed by atoms with E-state index in [1.165, 1.54) is 0 Å². The van der Waals surface area contributed by atoms with Gasteiger partial charge in [-0.2, -0.15) is 5.01 Å². The number of urea groups is 1. The molecule has 7 heteroatoms. The van der Waals surface area contributed by atoms with Gasteiger partial charge in [-0.1, -0.05) is 0 Å². The van der Waals surface area contributed by atoms with Gasteiger partial charge in [0.1, 0.15) is 0 Å². The quantitative estimate of drug-likeness (QED) is 0.432. The van der Waals surface area contributed by atoms with Crippen LogP contribution in [0.5, 0.6) is 0 Å². The number of halogens is 1. The molecule has 2 amide bonds. The summed E-state index contributed by atoms with van der Waals surface area (Å²) >= 11 is 5.48. The summed E-state index contributed by atoms with van der Waals surface area (Å²) in [4.78, 5) is 23.9. The number of hydrogen-bond acceptors (Lipinski definition) is 4. The minimum absolute atomic E-state index is 0.0304. The van der Waals surface area contributed by atoms with Crippen molar-refractivity contribution in [1.82, 2.24) is 9.91 Å². The third kappa shape index (κ3) is 3.31. The molecule has 2 unspecified atom stereocenters. The normalized spacial score (nSPS) is 25.3. The zero-order chi connectivity index (χ0) is 12.1. The van der Waals surface area contributed by atoms with Gasteiger partial charge in [-0.25, -0.2) is 4.79 Å². The Hall–Kier alpha value is -0.880. The molecule has 2 atom stereocenters. The second-order valence-electron chi connectivity index (χ2n) is 3.84. The third-order valence-corrected chi connectivity index (χ3v) is 2.47. The zero-order valence-electron chi connectivity index (χ0n) is 9.43. The van der Waals surface area contributed by atoms with Gasteiger partial charge in [0.2, 0.25) is 0 Å². The SMILES string of the molecule is CC1CN(C(=O)N(CCCl)N=O)CC(C)O1. The van der Waals surface area contributed by atoms with Gasteiger partial charge in [0.25, 0.3) is 0 Å². The fourth-order valence-electron chi connectivity index (χ4n) is 1.75. The molecule has 0 aliphatic carbocycles. The maximum Gasteiger partial charge on any atom is 0.343 e. The first kappa shape index (κ1) is 13.2. The van der Waals surface area contributed by atoms with Gasteiger partial charge >= 0.3 is 6.03 Å². The minimum atomic E-state index is -0.405. The van der Waals surface area contributed by atoms with Gasteiger partial charge in [0.05, 0.1) is 24.0 Å². The summed E-state index contributed by atoms with van der Waals surface area (Å²) in [5, 5.41) is 3.51. The second kappa shape index (κ2) is 6.00. The number of morpholine rings is 1. The molecule has 1 aliphatic heterocycles. The summed E-state index contributed by atoms with van der Waals surface area (Å²) in [5.41, 5.74) is 0. The summed E-state index contributed by atoms with van der Waals surface area (Å²) in [6.07, 6.45) is -0.0607. The van der Waals surface area contributed by atoms with Crippen molar-refractivity contribution in [3.8, 4) is 0 Å². The second-order valence-corrected chi connectivity index (χ2v) is 4.22. The number of carbonyl (C=O) groups is 1. The lowest BCUT2D eigenvalue weighted by molar-refractivity contribution is -0.0580. The first-order valence-electron chi connectivity index (χ1n) is 5.19. The molecule has 1 saturated heterocycles. The van der Waals surface area contributed by atoms with Gasteiger partial charge in [-0.05, 0) is 13.8 Å². The molecule has 1 rings (SSSR count). The molecule has 0 bridgehead atoms. The van der Waals surface area contributed by atoms with Crippen LogP contribution in [0.3, 0.4) is 0 Å². The molecular formula is C9H16ClN3O3. The van der Waals surface area contributed by atoms with E-state index in [0.717, 1.165) is 5.01 Å². The van der Waals surface area contributed by atoms with Gasteiger partial charge in [-0.3, -0.25) is 0 Å². The lowest BCUT2D eigenvalue weighted by atomic mass is 10.2. The van der Waals surface area contributed by atoms with Gasteiger partial charge in [-0.15, -0.1) is 16.5 Å². The van der Waals surface area contributed by atoms with E-state index in [-0.39, 0.29) is 24.6 Å². The number of nitrogens with zero attached hydrogens (tertiary/aromatic N) is 3. The molecule has 0 aromatic rings. The van der Waals surface area contributed by atoms with E-state index in [9.17, 15) is 9.70 Å². The van der Waals surface area contributed by atoms with Gasteiger partial charge in [0.15, 0.2) is 0 Å². The van der Waals surface area contributed by atoms with Gasteiger partial charge in [0, 0.05) is 19.0 Å². The molecule has 0 radical (unpaired) electrons. The highest BCUT2D eigenvalue weighted by Gasteiger charge is 2.29. The fraction of sp³-hybridized carbons (Fsp3) is 0.889. The maximum atomic E-state index is 11.9. The monoisotopic (exact) mass is 249 g/mol. The largest absolute Gasteiger partial charge is 0.372 e. The Bertz CT molecular complexity index is 254. The zero-order valence-corrected chi connectivity index (χ0v) is 10.2. The molecule has 1 fully saturated rings. The Kier molecular flexibility index (Phi) is 4.95. The van der Waals surface area contributed by atoms with E-state index in [1.54, 1.807) is 4.90 Å². The lowest BCUT2D eigenvalue weighted by Gasteiger charge is -2.36. The number of ether oxygens (including phenoxy) is 1.